The smallest absolute Gasteiger partial charge is 0.0693 e. The molecule has 2 heterocycles. The summed E-state index contributed by atoms with van der Waals surface area (Å²) in [5.74, 6) is 0. The lowest BCUT2D eigenvalue weighted by molar-refractivity contribution is 0.604. The van der Waals surface area contributed by atoms with E-state index in [2.05, 4.69) is 58.0 Å². The predicted octanol–water partition coefficient (Wildman–Crippen LogP) is 4.97. The minimum Gasteiger partial charge on any atom is -0.306 e. The molecule has 1 atom stereocenters. The van der Waals surface area contributed by atoms with E-state index in [0.29, 0.717) is 6.04 Å². The lowest BCUT2D eigenvalue weighted by Gasteiger charge is -2.18. The van der Waals surface area contributed by atoms with Gasteiger partial charge in [0, 0.05) is 14.2 Å². The Balaban J connectivity index is 2.32. The van der Waals surface area contributed by atoms with E-state index < -0.39 is 0 Å². The van der Waals surface area contributed by atoms with Crippen molar-refractivity contribution in [3.63, 3.8) is 0 Å². The molecule has 0 aliphatic rings. The standard InChI is InChI=1S/C13H16BrNS2/c1-3-6-15-12(10-4-7-16-9(10)2)13-11(14)5-8-17-13/h4-5,7-8,12,15H,3,6H2,1-2H3. The van der Waals surface area contributed by atoms with Crippen LogP contribution in [0.1, 0.15) is 34.7 Å². The zero-order chi connectivity index (χ0) is 12.3. The van der Waals surface area contributed by atoms with Gasteiger partial charge in [-0.3, -0.25) is 0 Å². The van der Waals surface area contributed by atoms with Gasteiger partial charge >= 0.3 is 0 Å². The van der Waals surface area contributed by atoms with E-state index in [1.165, 1.54) is 19.8 Å². The summed E-state index contributed by atoms with van der Waals surface area (Å²) in [6, 6.07) is 4.69. The van der Waals surface area contributed by atoms with Gasteiger partial charge in [0.25, 0.3) is 0 Å². The molecule has 17 heavy (non-hydrogen) atoms. The summed E-state index contributed by atoms with van der Waals surface area (Å²) in [5, 5.41) is 7.96. The molecule has 2 aromatic heterocycles. The Labute approximate surface area is 119 Å². The van der Waals surface area contributed by atoms with Gasteiger partial charge in [0.1, 0.15) is 0 Å². The molecule has 0 aliphatic heterocycles. The zero-order valence-electron chi connectivity index (χ0n) is 10.00. The maximum absolute atomic E-state index is 3.64. The minimum atomic E-state index is 0.329. The number of aryl methyl sites for hydroxylation is 1. The van der Waals surface area contributed by atoms with Crippen LogP contribution in [0.25, 0.3) is 0 Å². The fourth-order valence-electron chi connectivity index (χ4n) is 1.84. The number of rotatable bonds is 5. The van der Waals surface area contributed by atoms with Crippen molar-refractivity contribution in [2.24, 2.45) is 0 Å². The fourth-order valence-corrected chi connectivity index (χ4v) is 4.27. The number of thiophene rings is 2. The normalized spacial score (nSPS) is 12.9. The molecule has 0 radical (unpaired) electrons. The second kappa shape index (κ2) is 6.14. The van der Waals surface area contributed by atoms with Crippen molar-refractivity contribution in [3.05, 3.63) is 42.7 Å². The molecule has 1 N–H and O–H groups in total. The molecule has 0 spiro atoms. The molecule has 92 valence electrons. The molecule has 2 rings (SSSR count). The third-order valence-electron chi connectivity index (χ3n) is 2.72. The molecule has 0 aliphatic carbocycles. The summed E-state index contributed by atoms with van der Waals surface area (Å²) in [4.78, 5) is 2.78. The van der Waals surface area contributed by atoms with Crippen molar-refractivity contribution in [1.82, 2.24) is 5.32 Å². The molecule has 0 saturated heterocycles. The monoisotopic (exact) mass is 329 g/mol. The summed E-state index contributed by atoms with van der Waals surface area (Å²) >= 11 is 7.27. The summed E-state index contributed by atoms with van der Waals surface area (Å²) in [6.45, 7) is 5.44. The second-order valence-electron chi connectivity index (χ2n) is 3.95. The highest BCUT2D eigenvalue weighted by Crippen LogP contribution is 2.35. The first-order valence-corrected chi connectivity index (χ1v) is 8.29. The zero-order valence-corrected chi connectivity index (χ0v) is 13.2. The van der Waals surface area contributed by atoms with Gasteiger partial charge in [-0.1, -0.05) is 6.92 Å². The van der Waals surface area contributed by atoms with Crippen LogP contribution in [0.15, 0.2) is 27.4 Å². The van der Waals surface area contributed by atoms with Crippen molar-refractivity contribution in [2.45, 2.75) is 26.3 Å². The van der Waals surface area contributed by atoms with Gasteiger partial charge in [0.15, 0.2) is 0 Å². The van der Waals surface area contributed by atoms with Gasteiger partial charge in [-0.2, -0.15) is 0 Å². The highest BCUT2D eigenvalue weighted by molar-refractivity contribution is 9.10. The predicted molar refractivity (Wildman–Crippen MR) is 81.2 cm³/mol. The van der Waals surface area contributed by atoms with Crippen LogP contribution in [0, 0.1) is 6.92 Å². The lowest BCUT2D eigenvalue weighted by atomic mass is 10.1. The van der Waals surface area contributed by atoms with Crippen LogP contribution < -0.4 is 5.32 Å². The van der Waals surface area contributed by atoms with E-state index in [0.717, 1.165) is 13.0 Å². The van der Waals surface area contributed by atoms with E-state index in [1.54, 1.807) is 0 Å². The second-order valence-corrected chi connectivity index (χ2v) is 6.87. The SMILES string of the molecule is CCCNC(c1ccsc1C)c1sccc1Br. The number of nitrogens with one attached hydrogen (secondary N) is 1. The summed E-state index contributed by atoms with van der Waals surface area (Å²) in [6.07, 6.45) is 1.16. The van der Waals surface area contributed by atoms with Crippen molar-refractivity contribution in [1.29, 1.82) is 0 Å². The first-order chi connectivity index (χ1) is 8.24. The summed E-state index contributed by atoms with van der Waals surface area (Å²) < 4.78 is 1.21. The van der Waals surface area contributed by atoms with Crippen molar-refractivity contribution < 1.29 is 0 Å². The molecule has 1 nitrogen and oxygen atoms in total. The van der Waals surface area contributed by atoms with Gasteiger partial charge < -0.3 is 5.32 Å². The average molecular weight is 330 g/mol. The number of hydrogen-bond acceptors (Lipinski definition) is 3. The van der Waals surface area contributed by atoms with Crippen molar-refractivity contribution in [2.75, 3.05) is 6.54 Å². The van der Waals surface area contributed by atoms with E-state index >= 15 is 0 Å². The van der Waals surface area contributed by atoms with Crippen LogP contribution in [0.4, 0.5) is 0 Å². The fraction of sp³-hybridized carbons (Fsp3) is 0.385. The van der Waals surface area contributed by atoms with Crippen LogP contribution in [-0.4, -0.2) is 6.54 Å². The first-order valence-electron chi connectivity index (χ1n) is 5.74. The maximum atomic E-state index is 3.64. The minimum absolute atomic E-state index is 0.329. The Morgan fingerprint density at radius 3 is 2.59 bits per heavy atom. The van der Waals surface area contributed by atoms with E-state index in [1.807, 2.05) is 22.7 Å². The Hall–Kier alpha value is -0.160. The summed E-state index contributed by atoms with van der Waals surface area (Å²) in [5.41, 5.74) is 1.41. The Kier molecular flexibility index (Phi) is 4.79. The quantitative estimate of drug-likeness (QED) is 0.816. The van der Waals surface area contributed by atoms with Gasteiger partial charge in [-0.05, 0) is 64.3 Å². The van der Waals surface area contributed by atoms with Gasteiger partial charge in [0.2, 0.25) is 0 Å². The molecule has 4 heteroatoms. The maximum Gasteiger partial charge on any atom is 0.0693 e. The highest BCUT2D eigenvalue weighted by Gasteiger charge is 2.19. The third kappa shape index (κ3) is 2.99. The average Bonchev–Trinajstić information content (AvgIpc) is 2.90. The highest BCUT2D eigenvalue weighted by atomic mass is 79.9. The largest absolute Gasteiger partial charge is 0.306 e. The molecular formula is C13H16BrNS2. The molecule has 0 fully saturated rings. The molecule has 0 bridgehead atoms. The molecule has 0 aromatic carbocycles. The molecule has 1 unspecified atom stereocenters. The Morgan fingerprint density at radius 1 is 1.29 bits per heavy atom. The van der Waals surface area contributed by atoms with Crippen LogP contribution in [-0.2, 0) is 0 Å². The van der Waals surface area contributed by atoms with Gasteiger partial charge in [0.05, 0.1) is 6.04 Å². The summed E-state index contributed by atoms with van der Waals surface area (Å²) in [7, 11) is 0. The Morgan fingerprint density at radius 2 is 2.06 bits per heavy atom. The van der Waals surface area contributed by atoms with Crippen LogP contribution in [0.2, 0.25) is 0 Å². The molecule has 0 amide bonds. The topological polar surface area (TPSA) is 12.0 Å². The molecular weight excluding hydrogens is 314 g/mol. The van der Waals surface area contributed by atoms with E-state index in [4.69, 9.17) is 0 Å². The number of halogens is 1. The van der Waals surface area contributed by atoms with Gasteiger partial charge in [-0.25, -0.2) is 0 Å². The van der Waals surface area contributed by atoms with E-state index in [-0.39, 0.29) is 0 Å². The Bertz CT molecular complexity index is 435. The van der Waals surface area contributed by atoms with Gasteiger partial charge in [-0.15, -0.1) is 22.7 Å². The lowest BCUT2D eigenvalue weighted by Crippen LogP contribution is -2.22. The first kappa shape index (κ1) is 13.3. The van der Waals surface area contributed by atoms with Crippen LogP contribution in [0.3, 0.4) is 0 Å². The van der Waals surface area contributed by atoms with Crippen LogP contribution in [0.5, 0.6) is 0 Å². The van der Waals surface area contributed by atoms with Crippen LogP contribution >= 0.6 is 38.6 Å². The molecule has 0 saturated carbocycles. The van der Waals surface area contributed by atoms with Crippen molar-refractivity contribution >= 4 is 38.6 Å². The van der Waals surface area contributed by atoms with Crippen molar-refractivity contribution in [3.8, 4) is 0 Å². The molecule has 2 aromatic rings. The van der Waals surface area contributed by atoms with E-state index in [9.17, 15) is 0 Å². The third-order valence-corrected chi connectivity index (χ3v) is 5.51. The number of hydrogen-bond donors (Lipinski definition) is 1.